The highest BCUT2D eigenvalue weighted by Gasteiger charge is 2.74. The SMILES string of the molecule is C/C=C\C=C/C.CC.CCCC(CC)CCOC(C)OC(c1ccc(OC(=O)C(C)(C)C(C)C)cc1)(C(F)(F)F)C(F)(F)F. The number of alkyl halides is 6. The van der Waals surface area contributed by atoms with Gasteiger partial charge >= 0.3 is 18.3 Å². The van der Waals surface area contributed by atoms with Crippen LogP contribution < -0.4 is 4.74 Å². The highest BCUT2D eigenvalue weighted by Crippen LogP contribution is 2.53. The van der Waals surface area contributed by atoms with Crippen LogP contribution in [0.2, 0.25) is 0 Å². The van der Waals surface area contributed by atoms with Crippen LogP contribution in [-0.4, -0.2) is 31.2 Å². The number of esters is 1. The van der Waals surface area contributed by atoms with Gasteiger partial charge in [0.2, 0.25) is 0 Å². The Morgan fingerprint density at radius 3 is 1.68 bits per heavy atom. The molecule has 0 bridgehead atoms. The third kappa shape index (κ3) is 13.3. The molecule has 0 aliphatic rings. The normalized spacial score (nSPS) is 14.1. The van der Waals surface area contributed by atoms with Crippen LogP contribution in [0, 0.1) is 17.3 Å². The molecule has 0 saturated heterocycles. The van der Waals surface area contributed by atoms with Crippen LogP contribution >= 0.6 is 0 Å². The number of carbonyl (C=O) groups is 1. The Morgan fingerprint density at radius 2 is 1.32 bits per heavy atom. The number of ether oxygens (including phenoxy) is 3. The summed E-state index contributed by atoms with van der Waals surface area (Å²) in [4.78, 5) is 12.4. The van der Waals surface area contributed by atoms with Gasteiger partial charge in [-0.3, -0.25) is 4.79 Å². The van der Waals surface area contributed by atoms with Gasteiger partial charge in [0.1, 0.15) is 5.75 Å². The van der Waals surface area contributed by atoms with Gasteiger partial charge in [-0.25, -0.2) is 0 Å². The summed E-state index contributed by atoms with van der Waals surface area (Å²) in [6.45, 7) is 19.8. The first kappa shape index (κ1) is 43.8. The zero-order valence-corrected chi connectivity index (χ0v) is 28.3. The molecule has 2 unspecified atom stereocenters. The van der Waals surface area contributed by atoms with Gasteiger partial charge in [-0.15, -0.1) is 0 Å². The molecule has 0 aliphatic heterocycles. The summed E-state index contributed by atoms with van der Waals surface area (Å²) in [6.07, 6.45) is -2.38. The molecule has 44 heavy (non-hydrogen) atoms. The quantitative estimate of drug-likeness (QED) is 0.0667. The van der Waals surface area contributed by atoms with Gasteiger partial charge in [0.15, 0.2) is 6.29 Å². The largest absolute Gasteiger partial charge is 0.430 e. The first-order valence-corrected chi connectivity index (χ1v) is 15.3. The fourth-order valence-electron chi connectivity index (χ4n) is 3.79. The second-order valence-electron chi connectivity index (χ2n) is 10.9. The van der Waals surface area contributed by atoms with Crippen molar-refractivity contribution in [3.05, 3.63) is 54.1 Å². The Labute approximate surface area is 261 Å². The molecule has 1 aromatic carbocycles. The van der Waals surface area contributed by atoms with E-state index < -0.39 is 41.2 Å². The first-order chi connectivity index (χ1) is 20.3. The first-order valence-electron chi connectivity index (χ1n) is 15.3. The van der Waals surface area contributed by atoms with Crippen LogP contribution in [0.5, 0.6) is 5.75 Å². The summed E-state index contributed by atoms with van der Waals surface area (Å²) >= 11 is 0. The molecule has 0 aliphatic carbocycles. The van der Waals surface area contributed by atoms with Crippen molar-refractivity contribution in [2.75, 3.05) is 6.61 Å². The number of allylic oxidation sites excluding steroid dienone is 4. The molecular weight excluding hydrogens is 586 g/mol. The fraction of sp³-hybridized carbons (Fsp3) is 0.676. The summed E-state index contributed by atoms with van der Waals surface area (Å²) in [5, 5.41) is 0. The standard InChI is InChI=1S/C26H38F6O4.C6H10.C2H6/c1-8-10-19(9-2)15-16-34-18(5)36-24(25(27,28)29,26(30,31)32)20-11-13-21(14-12-20)35-22(33)23(6,7)17(3)4;1-3-5-6-4-2;1-2/h11-14,17-19H,8-10,15-16H2,1-7H3;3-6H,1-2H3;1-2H3/b;5-3-,6-4-;. The average Bonchev–Trinajstić information content (AvgIpc) is 2.94. The summed E-state index contributed by atoms with van der Waals surface area (Å²) in [7, 11) is 0. The van der Waals surface area contributed by atoms with Gasteiger partial charge in [-0.1, -0.05) is 97.2 Å². The van der Waals surface area contributed by atoms with Crippen molar-refractivity contribution >= 4 is 5.97 Å². The van der Waals surface area contributed by atoms with E-state index >= 15 is 0 Å². The van der Waals surface area contributed by atoms with Gasteiger partial charge in [0.25, 0.3) is 5.60 Å². The number of rotatable bonds is 14. The van der Waals surface area contributed by atoms with Crippen molar-refractivity contribution < 1.29 is 45.3 Å². The van der Waals surface area contributed by atoms with Gasteiger partial charge in [-0.2, -0.15) is 26.3 Å². The molecular formula is C34H54F6O4. The molecule has 0 N–H and O–H groups in total. The Kier molecular flexibility index (Phi) is 20.6. The van der Waals surface area contributed by atoms with E-state index in [1.807, 2.05) is 65.8 Å². The van der Waals surface area contributed by atoms with E-state index in [0.29, 0.717) is 18.6 Å². The molecule has 10 heteroatoms. The Morgan fingerprint density at radius 1 is 0.841 bits per heavy atom. The molecule has 0 amide bonds. The molecule has 0 aromatic heterocycles. The molecule has 1 rings (SSSR count). The second kappa shape index (κ2) is 20.7. The molecule has 0 radical (unpaired) electrons. The maximum Gasteiger partial charge on any atom is 0.430 e. The zero-order valence-electron chi connectivity index (χ0n) is 28.3. The predicted molar refractivity (Wildman–Crippen MR) is 165 cm³/mol. The molecule has 2 atom stereocenters. The number of halogens is 6. The number of hydrogen-bond donors (Lipinski definition) is 0. The second-order valence-corrected chi connectivity index (χ2v) is 10.9. The van der Waals surface area contributed by atoms with Crippen LogP contribution in [-0.2, 0) is 19.9 Å². The predicted octanol–water partition coefficient (Wildman–Crippen LogP) is 11.4. The van der Waals surface area contributed by atoms with E-state index in [-0.39, 0.29) is 24.2 Å². The third-order valence-corrected chi connectivity index (χ3v) is 7.23. The lowest BCUT2D eigenvalue weighted by atomic mass is 9.81. The highest BCUT2D eigenvalue weighted by atomic mass is 19.4. The number of hydrogen-bond acceptors (Lipinski definition) is 4. The van der Waals surface area contributed by atoms with E-state index in [2.05, 4.69) is 4.74 Å². The molecule has 0 fully saturated rings. The lowest BCUT2D eigenvalue weighted by molar-refractivity contribution is -0.415. The minimum Gasteiger partial charge on any atom is -0.426 e. The van der Waals surface area contributed by atoms with E-state index in [0.717, 1.165) is 38.3 Å². The molecule has 256 valence electrons. The van der Waals surface area contributed by atoms with Crippen molar-refractivity contribution in [1.82, 2.24) is 0 Å². The van der Waals surface area contributed by atoms with E-state index in [1.54, 1.807) is 27.7 Å². The van der Waals surface area contributed by atoms with Crippen LogP contribution in [0.15, 0.2) is 48.6 Å². The Bertz CT molecular complexity index is 939. The molecule has 1 aromatic rings. The topological polar surface area (TPSA) is 44.8 Å². The molecule has 0 saturated carbocycles. The number of benzene rings is 1. The Balaban J connectivity index is 0. The summed E-state index contributed by atoms with van der Waals surface area (Å²) in [5.74, 6) is -0.693. The highest BCUT2D eigenvalue weighted by molar-refractivity contribution is 5.78. The van der Waals surface area contributed by atoms with Crippen molar-refractivity contribution in [2.24, 2.45) is 17.3 Å². The van der Waals surface area contributed by atoms with Crippen molar-refractivity contribution in [1.29, 1.82) is 0 Å². The average molecular weight is 641 g/mol. The summed E-state index contributed by atoms with van der Waals surface area (Å²) in [5.41, 5.74) is -6.74. The minimum atomic E-state index is -5.85. The fourth-order valence-corrected chi connectivity index (χ4v) is 3.79. The maximum atomic E-state index is 14.1. The Hall–Kier alpha value is -2.33. The van der Waals surface area contributed by atoms with Gasteiger partial charge < -0.3 is 14.2 Å². The van der Waals surface area contributed by atoms with Crippen LogP contribution in [0.1, 0.15) is 107 Å². The molecule has 0 heterocycles. The van der Waals surface area contributed by atoms with Gasteiger partial charge in [0.05, 0.1) is 5.41 Å². The monoisotopic (exact) mass is 640 g/mol. The summed E-state index contributed by atoms with van der Waals surface area (Å²) < 4.78 is 99.6. The third-order valence-electron chi connectivity index (χ3n) is 7.23. The zero-order chi connectivity index (χ0) is 34.8. The molecule has 4 nitrogen and oxygen atoms in total. The van der Waals surface area contributed by atoms with E-state index in [4.69, 9.17) is 9.47 Å². The van der Waals surface area contributed by atoms with Crippen molar-refractivity contribution in [3.8, 4) is 5.75 Å². The minimum absolute atomic E-state index is 0.0357. The van der Waals surface area contributed by atoms with Gasteiger partial charge in [0, 0.05) is 12.2 Å². The van der Waals surface area contributed by atoms with Crippen LogP contribution in [0.25, 0.3) is 0 Å². The van der Waals surface area contributed by atoms with Crippen LogP contribution in [0.3, 0.4) is 0 Å². The molecule has 0 spiro atoms. The smallest absolute Gasteiger partial charge is 0.426 e. The summed E-state index contributed by atoms with van der Waals surface area (Å²) in [6, 6.07) is 2.99. The maximum absolute atomic E-state index is 14.1. The van der Waals surface area contributed by atoms with E-state index in [1.165, 1.54) is 0 Å². The van der Waals surface area contributed by atoms with Crippen molar-refractivity contribution in [3.63, 3.8) is 0 Å². The van der Waals surface area contributed by atoms with E-state index in [9.17, 15) is 31.1 Å². The van der Waals surface area contributed by atoms with Crippen molar-refractivity contribution in [2.45, 2.75) is 126 Å². The lowest BCUT2D eigenvalue weighted by Crippen LogP contribution is -2.57. The van der Waals surface area contributed by atoms with Crippen LogP contribution in [0.4, 0.5) is 26.3 Å². The number of carbonyl (C=O) groups excluding carboxylic acids is 1. The lowest BCUT2D eigenvalue weighted by Gasteiger charge is -2.39. The van der Waals surface area contributed by atoms with Gasteiger partial charge in [-0.05, 0) is 65.0 Å².